The van der Waals surface area contributed by atoms with E-state index in [9.17, 15) is 4.79 Å². The molecule has 0 aromatic heterocycles. The summed E-state index contributed by atoms with van der Waals surface area (Å²) < 4.78 is 5.95. The van der Waals surface area contributed by atoms with Crippen molar-refractivity contribution in [3.8, 4) is 0 Å². The van der Waals surface area contributed by atoms with Crippen LogP contribution in [0.1, 0.15) is 12.8 Å². The summed E-state index contributed by atoms with van der Waals surface area (Å²) in [5, 5.41) is 3.31. The molecule has 94 valence electrons. The Bertz CT molecular complexity index is 468. The Hall–Kier alpha value is -1.68. The predicted molar refractivity (Wildman–Crippen MR) is 69.3 cm³/mol. The van der Waals surface area contributed by atoms with Gasteiger partial charge in [-0.05, 0) is 49.7 Å². The third-order valence-corrected chi connectivity index (χ3v) is 3.44. The third-order valence-electron chi connectivity index (χ3n) is 3.44. The highest BCUT2D eigenvalue weighted by atomic mass is 16.5. The summed E-state index contributed by atoms with van der Waals surface area (Å²) in [6.45, 7) is 2.02. The number of allylic oxidation sites excluding steroid dienone is 3. The number of rotatable bonds is 2. The zero-order chi connectivity index (χ0) is 12.4. The number of dihydropyridines is 1. The van der Waals surface area contributed by atoms with Gasteiger partial charge in [0.2, 0.25) is 0 Å². The summed E-state index contributed by atoms with van der Waals surface area (Å²) in [4.78, 5) is 15.3. The number of fused-ring (bicyclic) bond motifs is 1. The van der Waals surface area contributed by atoms with E-state index in [0.29, 0.717) is 0 Å². The molecule has 2 heterocycles. The van der Waals surface area contributed by atoms with E-state index in [0.717, 1.165) is 37.3 Å². The van der Waals surface area contributed by atoms with Gasteiger partial charge < -0.3 is 10.1 Å². The van der Waals surface area contributed by atoms with E-state index in [1.165, 1.54) is 0 Å². The maximum atomic E-state index is 11.6. The van der Waals surface area contributed by atoms with Crippen LogP contribution < -0.4 is 5.32 Å². The first-order valence-corrected chi connectivity index (χ1v) is 6.38. The standard InChI is InChI=1S/C14H16N2O2/c17-14-13-2-1-12(9-10(13)3-8-16-14)18-11-4-6-15-7-5-11/h1-3,8-9,11,13,15H,4-7H2. The lowest BCUT2D eigenvalue weighted by atomic mass is 9.91. The van der Waals surface area contributed by atoms with Gasteiger partial charge in [0.15, 0.2) is 0 Å². The van der Waals surface area contributed by atoms with Crippen LogP contribution in [0.2, 0.25) is 0 Å². The van der Waals surface area contributed by atoms with Crippen molar-refractivity contribution in [2.45, 2.75) is 18.9 Å². The molecule has 0 aromatic rings. The second-order valence-electron chi connectivity index (χ2n) is 4.73. The number of amides is 1. The molecule has 1 fully saturated rings. The van der Waals surface area contributed by atoms with Crippen molar-refractivity contribution < 1.29 is 9.53 Å². The number of piperidine rings is 1. The van der Waals surface area contributed by atoms with Gasteiger partial charge >= 0.3 is 0 Å². The molecule has 0 saturated carbocycles. The molecule has 0 aromatic carbocycles. The first-order valence-electron chi connectivity index (χ1n) is 6.38. The minimum Gasteiger partial charge on any atom is -0.490 e. The number of hydrogen-bond donors (Lipinski definition) is 1. The fourth-order valence-electron chi connectivity index (χ4n) is 2.44. The lowest BCUT2D eigenvalue weighted by molar-refractivity contribution is -0.119. The van der Waals surface area contributed by atoms with E-state index >= 15 is 0 Å². The van der Waals surface area contributed by atoms with E-state index in [2.05, 4.69) is 10.3 Å². The molecule has 1 aliphatic carbocycles. The normalized spacial score (nSPS) is 27.6. The Morgan fingerprint density at radius 3 is 3.00 bits per heavy atom. The molecule has 4 nitrogen and oxygen atoms in total. The van der Waals surface area contributed by atoms with Crippen LogP contribution in [0.4, 0.5) is 0 Å². The van der Waals surface area contributed by atoms with Crippen LogP contribution in [0, 0.1) is 5.92 Å². The smallest absolute Gasteiger partial charge is 0.257 e. The zero-order valence-corrected chi connectivity index (χ0v) is 10.1. The molecule has 4 heteroatoms. The number of nitrogens with one attached hydrogen (secondary N) is 1. The highest BCUT2D eigenvalue weighted by Gasteiger charge is 2.24. The van der Waals surface area contributed by atoms with Gasteiger partial charge in [0.1, 0.15) is 11.9 Å². The maximum Gasteiger partial charge on any atom is 0.257 e. The van der Waals surface area contributed by atoms with Crippen LogP contribution in [0.15, 0.2) is 40.6 Å². The summed E-state index contributed by atoms with van der Waals surface area (Å²) in [7, 11) is 0. The third kappa shape index (κ3) is 2.29. The molecular formula is C14H16N2O2. The predicted octanol–water partition coefficient (Wildman–Crippen LogP) is 1.36. The second kappa shape index (κ2) is 4.90. The highest BCUT2D eigenvalue weighted by Crippen LogP contribution is 2.27. The number of aliphatic imine (C=N–C) groups is 1. The number of ether oxygens (including phenoxy) is 1. The van der Waals surface area contributed by atoms with Crippen molar-refractivity contribution in [1.29, 1.82) is 0 Å². The average Bonchev–Trinajstić information content (AvgIpc) is 2.40. The minimum absolute atomic E-state index is 0.0964. The molecule has 0 spiro atoms. The van der Waals surface area contributed by atoms with Crippen LogP contribution in [-0.4, -0.2) is 31.3 Å². The van der Waals surface area contributed by atoms with Gasteiger partial charge in [-0.2, -0.15) is 0 Å². The first-order chi connectivity index (χ1) is 8.83. The van der Waals surface area contributed by atoms with Crippen LogP contribution in [0.5, 0.6) is 0 Å². The summed E-state index contributed by atoms with van der Waals surface area (Å²) in [6.07, 6.45) is 11.5. The molecule has 1 atom stereocenters. The van der Waals surface area contributed by atoms with Gasteiger partial charge in [0.25, 0.3) is 5.91 Å². The molecule has 1 amide bonds. The molecule has 0 radical (unpaired) electrons. The monoisotopic (exact) mass is 244 g/mol. The number of nitrogens with zero attached hydrogens (tertiary/aromatic N) is 1. The SMILES string of the molecule is O=C1N=CC=C2C=C(OC3CCNCC3)C=CC12. The summed E-state index contributed by atoms with van der Waals surface area (Å²) in [5.74, 6) is 0.545. The van der Waals surface area contributed by atoms with Gasteiger partial charge in [-0.25, -0.2) is 4.99 Å². The molecule has 1 unspecified atom stereocenters. The van der Waals surface area contributed by atoms with Crippen LogP contribution >= 0.6 is 0 Å². The quantitative estimate of drug-likeness (QED) is 0.798. The number of hydrogen-bond acceptors (Lipinski definition) is 3. The van der Waals surface area contributed by atoms with E-state index in [-0.39, 0.29) is 17.9 Å². The van der Waals surface area contributed by atoms with Gasteiger partial charge in [-0.3, -0.25) is 4.79 Å². The van der Waals surface area contributed by atoms with Crippen molar-refractivity contribution in [2.75, 3.05) is 13.1 Å². The summed E-state index contributed by atoms with van der Waals surface area (Å²) in [6, 6.07) is 0. The molecule has 1 saturated heterocycles. The van der Waals surface area contributed by atoms with Crippen molar-refractivity contribution in [2.24, 2.45) is 10.9 Å². The Kier molecular flexibility index (Phi) is 3.11. The second-order valence-corrected chi connectivity index (χ2v) is 4.73. The molecule has 1 N–H and O–H groups in total. The lowest BCUT2D eigenvalue weighted by Gasteiger charge is -2.26. The molecule has 2 aliphatic heterocycles. The Labute approximate surface area is 106 Å². The number of carbonyl (C=O) groups is 1. The van der Waals surface area contributed by atoms with E-state index in [1.807, 2.05) is 24.3 Å². The van der Waals surface area contributed by atoms with Gasteiger partial charge in [0.05, 0.1) is 5.92 Å². The van der Waals surface area contributed by atoms with Crippen molar-refractivity contribution in [3.05, 3.63) is 35.6 Å². The van der Waals surface area contributed by atoms with Gasteiger partial charge in [-0.15, -0.1) is 0 Å². The molecule has 3 rings (SSSR count). The van der Waals surface area contributed by atoms with E-state index < -0.39 is 0 Å². The molecule has 0 bridgehead atoms. The molecule has 18 heavy (non-hydrogen) atoms. The zero-order valence-electron chi connectivity index (χ0n) is 10.1. The van der Waals surface area contributed by atoms with Crippen LogP contribution in [0.25, 0.3) is 0 Å². The van der Waals surface area contributed by atoms with Crippen LogP contribution in [0.3, 0.4) is 0 Å². The largest absolute Gasteiger partial charge is 0.490 e. The highest BCUT2D eigenvalue weighted by molar-refractivity contribution is 5.97. The Morgan fingerprint density at radius 2 is 2.17 bits per heavy atom. The van der Waals surface area contributed by atoms with Gasteiger partial charge in [-0.1, -0.05) is 6.08 Å². The first kappa shape index (κ1) is 11.4. The lowest BCUT2D eigenvalue weighted by Crippen LogP contribution is -2.32. The fourth-order valence-corrected chi connectivity index (χ4v) is 2.44. The topological polar surface area (TPSA) is 50.7 Å². The fraction of sp³-hybridized carbons (Fsp3) is 0.429. The van der Waals surface area contributed by atoms with E-state index in [4.69, 9.17) is 4.74 Å². The van der Waals surface area contributed by atoms with Gasteiger partial charge in [0, 0.05) is 6.21 Å². The van der Waals surface area contributed by atoms with Crippen LogP contribution in [-0.2, 0) is 9.53 Å². The number of carbonyl (C=O) groups excluding carboxylic acids is 1. The van der Waals surface area contributed by atoms with Crippen molar-refractivity contribution in [1.82, 2.24) is 5.32 Å². The Balaban J connectivity index is 1.71. The van der Waals surface area contributed by atoms with E-state index in [1.54, 1.807) is 6.21 Å². The maximum absolute atomic E-state index is 11.6. The average molecular weight is 244 g/mol. The molecular weight excluding hydrogens is 228 g/mol. The summed E-state index contributed by atoms with van der Waals surface area (Å²) in [5.41, 5.74) is 0.974. The van der Waals surface area contributed by atoms with Crippen molar-refractivity contribution in [3.63, 3.8) is 0 Å². The van der Waals surface area contributed by atoms with Crippen molar-refractivity contribution >= 4 is 12.1 Å². The molecule has 3 aliphatic rings. The summed E-state index contributed by atoms with van der Waals surface area (Å²) >= 11 is 0. The minimum atomic E-state index is -0.213. The Morgan fingerprint density at radius 1 is 1.33 bits per heavy atom.